The average Bonchev–Trinajstić information content (AvgIpc) is 2.81. The third-order valence-electron chi connectivity index (χ3n) is 7.10. The Labute approximate surface area is 208 Å². The van der Waals surface area contributed by atoms with Crippen LogP contribution >= 0.6 is 0 Å². The summed E-state index contributed by atoms with van der Waals surface area (Å²) in [6.45, 7) is 5.30. The first-order valence-corrected chi connectivity index (χ1v) is 15.1. The van der Waals surface area contributed by atoms with Crippen LogP contribution < -0.4 is 0 Å². The van der Waals surface area contributed by atoms with Crippen molar-refractivity contribution in [2.24, 2.45) is 0 Å². The summed E-state index contributed by atoms with van der Waals surface area (Å²) < 4.78 is 5.55. The van der Waals surface area contributed by atoms with Gasteiger partial charge in [-0.15, -0.1) is 0 Å². The van der Waals surface area contributed by atoms with Crippen LogP contribution in [0.2, 0.25) is 0 Å². The molecular weight excluding hydrogens is 408 g/mol. The number of rotatable bonds is 28. The molecule has 0 amide bonds. The van der Waals surface area contributed by atoms with Crippen LogP contribution in [0.15, 0.2) is 0 Å². The minimum Gasteiger partial charge on any atom is -0.394 e. The first-order valence-electron chi connectivity index (χ1n) is 15.1. The van der Waals surface area contributed by atoms with Crippen molar-refractivity contribution in [2.75, 3.05) is 19.8 Å². The van der Waals surface area contributed by atoms with Gasteiger partial charge in [0.15, 0.2) is 0 Å². The van der Waals surface area contributed by atoms with Gasteiger partial charge in [-0.05, 0) is 12.8 Å². The zero-order valence-electron chi connectivity index (χ0n) is 22.9. The van der Waals surface area contributed by atoms with Gasteiger partial charge in [0.1, 0.15) is 0 Å². The van der Waals surface area contributed by atoms with E-state index >= 15 is 0 Å². The molecule has 0 aliphatic rings. The van der Waals surface area contributed by atoms with Crippen molar-refractivity contribution in [1.29, 1.82) is 0 Å². The molecule has 0 saturated carbocycles. The second-order valence-corrected chi connectivity index (χ2v) is 10.6. The standard InChI is InChI=1S/C30H62O3/c1-3-5-7-9-11-13-15-16-18-20-22-24-26-30(32,29-33-28-27-31)25-23-21-19-17-14-12-10-8-6-4-2/h31-32H,3-29H2,1-2H3. The second kappa shape index (κ2) is 26.5. The Kier molecular flexibility index (Phi) is 26.4. The maximum Gasteiger partial charge on any atom is 0.0880 e. The lowest BCUT2D eigenvalue weighted by Gasteiger charge is -2.28. The van der Waals surface area contributed by atoms with Gasteiger partial charge < -0.3 is 14.9 Å². The van der Waals surface area contributed by atoms with E-state index < -0.39 is 5.60 Å². The van der Waals surface area contributed by atoms with E-state index in [1.54, 1.807) is 0 Å². The van der Waals surface area contributed by atoms with E-state index in [9.17, 15) is 5.11 Å². The van der Waals surface area contributed by atoms with Crippen molar-refractivity contribution in [3.8, 4) is 0 Å². The van der Waals surface area contributed by atoms with Gasteiger partial charge in [-0.1, -0.05) is 155 Å². The third-order valence-corrected chi connectivity index (χ3v) is 7.10. The average molecular weight is 471 g/mol. The zero-order valence-corrected chi connectivity index (χ0v) is 22.9. The molecule has 3 heteroatoms. The number of hydrogen-bond donors (Lipinski definition) is 2. The van der Waals surface area contributed by atoms with E-state index in [0.717, 1.165) is 25.7 Å². The van der Waals surface area contributed by atoms with Gasteiger partial charge in [0, 0.05) is 0 Å². The summed E-state index contributed by atoms with van der Waals surface area (Å²) in [4.78, 5) is 0. The van der Waals surface area contributed by atoms with Crippen LogP contribution in [-0.4, -0.2) is 35.6 Å². The molecule has 0 aromatic heterocycles. The molecule has 0 radical (unpaired) electrons. The number of ether oxygens (including phenoxy) is 1. The Morgan fingerprint density at radius 2 is 0.788 bits per heavy atom. The molecule has 0 aliphatic carbocycles. The molecule has 0 saturated heterocycles. The van der Waals surface area contributed by atoms with Crippen LogP contribution in [0.5, 0.6) is 0 Å². The second-order valence-electron chi connectivity index (χ2n) is 10.6. The Morgan fingerprint density at radius 1 is 0.485 bits per heavy atom. The van der Waals surface area contributed by atoms with Crippen LogP contribution in [0.4, 0.5) is 0 Å². The van der Waals surface area contributed by atoms with Gasteiger partial charge in [-0.25, -0.2) is 0 Å². The van der Waals surface area contributed by atoms with Crippen molar-refractivity contribution in [3.63, 3.8) is 0 Å². The van der Waals surface area contributed by atoms with Crippen molar-refractivity contribution >= 4 is 0 Å². The monoisotopic (exact) mass is 470 g/mol. The van der Waals surface area contributed by atoms with E-state index in [0.29, 0.717) is 13.2 Å². The Hall–Kier alpha value is -0.120. The molecule has 1 unspecified atom stereocenters. The molecule has 0 rings (SSSR count). The van der Waals surface area contributed by atoms with Gasteiger partial charge in [0.25, 0.3) is 0 Å². The number of aliphatic hydroxyl groups excluding tert-OH is 1. The minimum atomic E-state index is -0.701. The normalized spacial score (nSPS) is 13.5. The molecule has 0 heterocycles. The molecule has 0 aromatic carbocycles. The molecular formula is C30H62O3. The topological polar surface area (TPSA) is 49.7 Å². The first-order chi connectivity index (χ1) is 16.2. The van der Waals surface area contributed by atoms with E-state index in [-0.39, 0.29) is 6.61 Å². The first kappa shape index (κ1) is 32.9. The lowest BCUT2D eigenvalue weighted by atomic mass is 9.90. The van der Waals surface area contributed by atoms with E-state index in [2.05, 4.69) is 13.8 Å². The van der Waals surface area contributed by atoms with E-state index in [1.165, 1.54) is 128 Å². The summed E-state index contributed by atoms with van der Waals surface area (Å²) in [5.41, 5.74) is -0.701. The van der Waals surface area contributed by atoms with Gasteiger partial charge in [0.2, 0.25) is 0 Å². The van der Waals surface area contributed by atoms with Crippen molar-refractivity contribution in [3.05, 3.63) is 0 Å². The molecule has 0 aliphatic heterocycles. The van der Waals surface area contributed by atoms with Gasteiger partial charge >= 0.3 is 0 Å². The molecule has 0 fully saturated rings. The minimum absolute atomic E-state index is 0.0347. The molecule has 0 aromatic rings. The van der Waals surface area contributed by atoms with Crippen LogP contribution in [0.25, 0.3) is 0 Å². The van der Waals surface area contributed by atoms with Crippen LogP contribution in [0.1, 0.15) is 168 Å². The molecule has 200 valence electrons. The van der Waals surface area contributed by atoms with Crippen molar-refractivity contribution in [2.45, 2.75) is 174 Å². The fourth-order valence-corrected chi connectivity index (χ4v) is 4.83. The van der Waals surface area contributed by atoms with Crippen LogP contribution in [-0.2, 0) is 4.74 Å². The molecule has 0 bridgehead atoms. The zero-order chi connectivity index (χ0) is 24.3. The highest BCUT2D eigenvalue weighted by atomic mass is 16.5. The fourth-order valence-electron chi connectivity index (χ4n) is 4.83. The SMILES string of the molecule is CCCCCCCCCCCCCCC(O)(CCCCCCCCCCCC)COCCO. The van der Waals surface area contributed by atoms with E-state index in [4.69, 9.17) is 9.84 Å². The van der Waals surface area contributed by atoms with Crippen molar-refractivity contribution < 1.29 is 14.9 Å². The third kappa shape index (κ3) is 24.8. The van der Waals surface area contributed by atoms with Gasteiger partial charge in [-0.3, -0.25) is 0 Å². The molecule has 0 spiro atoms. The summed E-state index contributed by atoms with van der Waals surface area (Å²) in [5.74, 6) is 0. The number of aliphatic hydroxyl groups is 2. The highest BCUT2D eigenvalue weighted by molar-refractivity contribution is 4.78. The highest BCUT2D eigenvalue weighted by Gasteiger charge is 2.26. The molecule has 2 N–H and O–H groups in total. The summed E-state index contributed by atoms with van der Waals surface area (Å²) in [6, 6.07) is 0. The summed E-state index contributed by atoms with van der Waals surface area (Å²) >= 11 is 0. The van der Waals surface area contributed by atoms with E-state index in [1.807, 2.05) is 0 Å². The molecule has 1 atom stereocenters. The Balaban J connectivity index is 3.78. The number of hydrogen-bond acceptors (Lipinski definition) is 3. The summed E-state index contributed by atoms with van der Waals surface area (Å²) in [6.07, 6.45) is 31.0. The lowest BCUT2D eigenvalue weighted by Crippen LogP contribution is -2.35. The smallest absolute Gasteiger partial charge is 0.0880 e. The maximum absolute atomic E-state index is 11.1. The van der Waals surface area contributed by atoms with Crippen molar-refractivity contribution in [1.82, 2.24) is 0 Å². The Morgan fingerprint density at radius 3 is 1.09 bits per heavy atom. The predicted octanol–water partition coefficient (Wildman–Crippen LogP) is 9.13. The van der Waals surface area contributed by atoms with Gasteiger partial charge in [0.05, 0.1) is 25.4 Å². The maximum atomic E-state index is 11.1. The predicted molar refractivity (Wildman–Crippen MR) is 145 cm³/mol. The van der Waals surface area contributed by atoms with Gasteiger partial charge in [-0.2, -0.15) is 0 Å². The van der Waals surface area contributed by atoms with Crippen LogP contribution in [0, 0.1) is 0 Å². The summed E-state index contributed by atoms with van der Waals surface area (Å²) in [7, 11) is 0. The molecule has 33 heavy (non-hydrogen) atoms. The Bertz CT molecular complexity index is 360. The molecule has 3 nitrogen and oxygen atoms in total. The quantitative estimate of drug-likeness (QED) is 0.112. The summed E-state index contributed by atoms with van der Waals surface area (Å²) in [5, 5.41) is 20.1. The fraction of sp³-hybridized carbons (Fsp3) is 1.00. The highest BCUT2D eigenvalue weighted by Crippen LogP contribution is 2.24. The van der Waals surface area contributed by atoms with Crippen LogP contribution in [0.3, 0.4) is 0 Å². The largest absolute Gasteiger partial charge is 0.394 e. The number of unbranched alkanes of at least 4 members (excludes halogenated alkanes) is 20. The lowest BCUT2D eigenvalue weighted by molar-refractivity contribution is -0.0650.